The highest BCUT2D eigenvalue weighted by Gasteiger charge is 2.22. The van der Waals surface area contributed by atoms with Crippen molar-refractivity contribution in [1.82, 2.24) is 4.90 Å². The maximum atomic E-state index is 9.44. The zero-order valence-corrected chi connectivity index (χ0v) is 9.80. The van der Waals surface area contributed by atoms with Gasteiger partial charge in [0.05, 0.1) is 6.10 Å². The van der Waals surface area contributed by atoms with Crippen LogP contribution in [0, 0.1) is 5.92 Å². The van der Waals surface area contributed by atoms with Gasteiger partial charge in [0.1, 0.15) is 0 Å². The maximum absolute atomic E-state index is 9.44. The first kappa shape index (κ1) is 12.0. The molecule has 1 aliphatic heterocycles. The minimum Gasteiger partial charge on any atom is -0.393 e. The van der Waals surface area contributed by atoms with Crippen molar-refractivity contribution in [3.63, 3.8) is 0 Å². The molecule has 0 saturated carbocycles. The molecule has 14 heavy (non-hydrogen) atoms. The molecule has 3 heteroatoms. The molecule has 0 aromatic rings. The van der Waals surface area contributed by atoms with Crippen molar-refractivity contribution in [2.24, 2.45) is 5.92 Å². The van der Waals surface area contributed by atoms with Gasteiger partial charge >= 0.3 is 0 Å². The van der Waals surface area contributed by atoms with Gasteiger partial charge in [-0.05, 0) is 51.3 Å². The Morgan fingerprint density at radius 1 is 1.57 bits per heavy atom. The Bertz CT molecular complexity index is 195. The van der Waals surface area contributed by atoms with Crippen molar-refractivity contribution in [3.8, 4) is 0 Å². The fraction of sp³-hybridized carbons (Fsp3) is 0.818. The van der Waals surface area contributed by atoms with E-state index in [2.05, 4.69) is 4.90 Å². The zero-order valence-electron chi connectivity index (χ0n) is 9.04. The minimum atomic E-state index is -0.151. The second-order valence-corrected chi connectivity index (χ2v) is 4.53. The first-order valence-corrected chi connectivity index (χ1v) is 5.73. The number of aliphatic hydroxyl groups excluding tert-OH is 1. The lowest BCUT2D eigenvalue weighted by atomic mass is 9.92. The van der Waals surface area contributed by atoms with Crippen LogP contribution in [0.4, 0.5) is 0 Å². The number of halogens is 1. The number of rotatable bonds is 3. The van der Waals surface area contributed by atoms with Crippen LogP contribution >= 0.6 is 11.6 Å². The van der Waals surface area contributed by atoms with Crippen molar-refractivity contribution < 1.29 is 5.11 Å². The predicted molar refractivity (Wildman–Crippen MR) is 60.5 cm³/mol. The molecule has 2 nitrogen and oxygen atoms in total. The summed E-state index contributed by atoms with van der Waals surface area (Å²) >= 11 is 5.62. The van der Waals surface area contributed by atoms with Gasteiger partial charge in [0.15, 0.2) is 0 Å². The fourth-order valence-electron chi connectivity index (χ4n) is 1.98. The molecular weight excluding hydrogens is 198 g/mol. The lowest BCUT2D eigenvalue weighted by Crippen LogP contribution is -2.37. The Morgan fingerprint density at radius 2 is 2.14 bits per heavy atom. The van der Waals surface area contributed by atoms with Crippen molar-refractivity contribution in [2.75, 3.05) is 19.6 Å². The van der Waals surface area contributed by atoms with Crippen LogP contribution in [0.15, 0.2) is 11.1 Å². The Balaban J connectivity index is 2.29. The highest BCUT2D eigenvalue weighted by molar-refractivity contribution is 6.25. The summed E-state index contributed by atoms with van der Waals surface area (Å²) in [6.45, 7) is 7.07. The summed E-state index contributed by atoms with van der Waals surface area (Å²) in [4.78, 5) is 2.40. The first-order chi connectivity index (χ1) is 6.63. The van der Waals surface area contributed by atoms with Gasteiger partial charge < -0.3 is 5.11 Å². The van der Waals surface area contributed by atoms with Gasteiger partial charge in [0.25, 0.3) is 0 Å². The molecule has 1 saturated heterocycles. The molecule has 1 aliphatic rings. The second-order valence-electron chi connectivity index (χ2n) is 4.31. The molecule has 0 spiro atoms. The predicted octanol–water partition coefficient (Wildman–Crippen LogP) is 2.22. The van der Waals surface area contributed by atoms with Crippen LogP contribution in [0.2, 0.25) is 0 Å². The molecule has 1 atom stereocenters. The molecule has 82 valence electrons. The molecule has 0 radical (unpaired) electrons. The molecule has 1 N–H and O–H groups in total. The normalized spacial score (nSPS) is 23.9. The lowest BCUT2D eigenvalue weighted by Gasteiger charge is -2.33. The summed E-state index contributed by atoms with van der Waals surface area (Å²) in [5.74, 6) is 0.492. The Hall–Kier alpha value is -0.0500. The fourth-order valence-corrected chi connectivity index (χ4v) is 2.05. The molecule has 1 unspecified atom stereocenters. The smallest absolute Gasteiger partial charge is 0.0541 e. The van der Waals surface area contributed by atoms with E-state index in [-0.39, 0.29) is 6.10 Å². The van der Waals surface area contributed by atoms with Crippen molar-refractivity contribution in [3.05, 3.63) is 11.1 Å². The van der Waals surface area contributed by atoms with Crippen molar-refractivity contribution in [1.29, 1.82) is 0 Å². The van der Waals surface area contributed by atoms with Gasteiger partial charge in [-0.2, -0.15) is 0 Å². The van der Waals surface area contributed by atoms with Gasteiger partial charge in [-0.15, -0.1) is 0 Å². The van der Waals surface area contributed by atoms with E-state index in [1.54, 1.807) is 5.54 Å². The van der Waals surface area contributed by atoms with Gasteiger partial charge in [-0.3, -0.25) is 4.90 Å². The van der Waals surface area contributed by atoms with E-state index in [0.717, 1.165) is 32.5 Å². The quantitative estimate of drug-likeness (QED) is 0.784. The van der Waals surface area contributed by atoms with E-state index in [4.69, 9.17) is 11.6 Å². The van der Waals surface area contributed by atoms with E-state index in [9.17, 15) is 5.11 Å². The topological polar surface area (TPSA) is 23.5 Å². The number of piperidine rings is 1. The third kappa shape index (κ3) is 3.60. The summed E-state index contributed by atoms with van der Waals surface area (Å²) in [6.07, 6.45) is 2.06. The number of hydrogen-bond donors (Lipinski definition) is 1. The SMILES string of the molecule is CC(=CCl)CN1CCC(C(C)O)CC1. The van der Waals surface area contributed by atoms with Gasteiger partial charge in [-0.1, -0.05) is 11.6 Å². The number of hydrogen-bond acceptors (Lipinski definition) is 2. The second kappa shape index (κ2) is 5.74. The average molecular weight is 218 g/mol. The van der Waals surface area contributed by atoms with Crippen LogP contribution in [0.5, 0.6) is 0 Å². The van der Waals surface area contributed by atoms with Crippen molar-refractivity contribution in [2.45, 2.75) is 32.8 Å². The lowest BCUT2D eigenvalue weighted by molar-refractivity contribution is 0.0749. The van der Waals surface area contributed by atoms with Crippen LogP contribution in [0.3, 0.4) is 0 Å². The van der Waals surface area contributed by atoms with E-state index in [1.165, 1.54) is 5.57 Å². The first-order valence-electron chi connectivity index (χ1n) is 5.29. The molecule has 1 fully saturated rings. The van der Waals surface area contributed by atoms with Gasteiger partial charge in [-0.25, -0.2) is 0 Å². The largest absolute Gasteiger partial charge is 0.393 e. The third-order valence-electron chi connectivity index (χ3n) is 2.97. The van der Waals surface area contributed by atoms with Crippen molar-refractivity contribution >= 4 is 11.6 Å². The standard InChI is InChI=1S/C11H20ClNO/c1-9(7-12)8-13-5-3-11(4-6-13)10(2)14/h7,10-11,14H,3-6,8H2,1-2H3. The van der Waals surface area contributed by atoms with Gasteiger partial charge in [0.2, 0.25) is 0 Å². The summed E-state index contributed by atoms with van der Waals surface area (Å²) in [7, 11) is 0. The maximum Gasteiger partial charge on any atom is 0.0541 e. The molecule has 0 aliphatic carbocycles. The summed E-state index contributed by atoms with van der Waals surface area (Å²) in [6, 6.07) is 0. The van der Waals surface area contributed by atoms with Crippen LogP contribution in [0.1, 0.15) is 26.7 Å². The van der Waals surface area contributed by atoms with Crippen LogP contribution in [-0.4, -0.2) is 35.7 Å². The number of nitrogens with zero attached hydrogens (tertiary/aromatic N) is 1. The molecule has 0 amide bonds. The Morgan fingerprint density at radius 3 is 2.57 bits per heavy atom. The summed E-state index contributed by atoms with van der Waals surface area (Å²) in [5.41, 5.74) is 2.86. The number of likely N-dealkylation sites (tertiary alicyclic amines) is 1. The highest BCUT2D eigenvalue weighted by atomic mass is 35.5. The highest BCUT2D eigenvalue weighted by Crippen LogP contribution is 2.20. The molecule has 0 aromatic carbocycles. The Labute approximate surface area is 91.6 Å². The molecular formula is C11H20ClNO. The Kier molecular flexibility index (Phi) is 4.93. The summed E-state index contributed by atoms with van der Waals surface area (Å²) in [5, 5.41) is 9.44. The molecule has 0 aromatic heterocycles. The van der Waals surface area contributed by atoms with Crippen LogP contribution in [-0.2, 0) is 0 Å². The molecule has 0 bridgehead atoms. The summed E-state index contributed by atoms with van der Waals surface area (Å²) < 4.78 is 0. The van der Waals surface area contributed by atoms with E-state index < -0.39 is 0 Å². The van der Waals surface area contributed by atoms with Gasteiger partial charge in [0, 0.05) is 12.1 Å². The third-order valence-corrected chi connectivity index (χ3v) is 3.35. The molecule has 1 rings (SSSR count). The minimum absolute atomic E-state index is 0.151. The molecule has 1 heterocycles. The van der Waals surface area contributed by atoms with E-state index >= 15 is 0 Å². The average Bonchev–Trinajstić information content (AvgIpc) is 2.18. The zero-order chi connectivity index (χ0) is 10.6. The monoisotopic (exact) mass is 217 g/mol. The number of aliphatic hydroxyl groups is 1. The van der Waals surface area contributed by atoms with E-state index in [0.29, 0.717) is 5.92 Å². The van der Waals surface area contributed by atoms with Crippen LogP contribution < -0.4 is 0 Å². The van der Waals surface area contributed by atoms with Crippen LogP contribution in [0.25, 0.3) is 0 Å². The van der Waals surface area contributed by atoms with E-state index in [1.807, 2.05) is 13.8 Å².